The summed E-state index contributed by atoms with van der Waals surface area (Å²) in [5.74, 6) is 0.720. The first-order valence-electron chi connectivity index (χ1n) is 13.5. The average Bonchev–Trinajstić information content (AvgIpc) is 2.92. The lowest BCUT2D eigenvalue weighted by molar-refractivity contribution is -0.137. The van der Waals surface area contributed by atoms with E-state index in [-0.39, 0.29) is 23.5 Å². The van der Waals surface area contributed by atoms with E-state index in [0.29, 0.717) is 43.1 Å². The molecule has 0 aromatic heterocycles. The molecule has 10 heteroatoms. The highest BCUT2D eigenvalue weighted by molar-refractivity contribution is 5.96. The van der Waals surface area contributed by atoms with Crippen molar-refractivity contribution >= 4 is 24.6 Å². The van der Waals surface area contributed by atoms with Gasteiger partial charge < -0.3 is 24.6 Å². The van der Waals surface area contributed by atoms with Crippen LogP contribution in [0.1, 0.15) is 31.8 Å². The molecule has 3 aromatic rings. The van der Waals surface area contributed by atoms with Crippen molar-refractivity contribution in [3.05, 3.63) is 93.4 Å². The maximum Gasteiger partial charge on any atom is 0.416 e. The van der Waals surface area contributed by atoms with Gasteiger partial charge in [-0.25, -0.2) is 0 Å². The highest BCUT2D eigenvalue weighted by atomic mass is 19.4. The minimum Gasteiger partial charge on any atom is -0.457 e. The summed E-state index contributed by atoms with van der Waals surface area (Å²) in [5, 5.41) is 4.53. The number of methoxy groups -OCH3 is 1. The van der Waals surface area contributed by atoms with E-state index in [1.54, 1.807) is 36.3 Å². The molecule has 222 valence electrons. The van der Waals surface area contributed by atoms with Gasteiger partial charge in [-0.15, -0.1) is 0 Å². The number of benzene rings is 3. The molecular formula is C32H34F3N3O4. The smallest absolute Gasteiger partial charge is 0.416 e. The van der Waals surface area contributed by atoms with Crippen LogP contribution < -0.4 is 20.5 Å². The molecule has 3 aromatic carbocycles. The molecule has 1 aliphatic rings. The second-order valence-corrected chi connectivity index (χ2v) is 10.4. The zero-order chi connectivity index (χ0) is 30.4. The van der Waals surface area contributed by atoms with Gasteiger partial charge in [0.05, 0.1) is 12.2 Å². The molecule has 0 atom stereocenters. The van der Waals surface area contributed by atoms with Crippen LogP contribution in [0.25, 0.3) is 12.8 Å². The highest BCUT2D eigenvalue weighted by Gasteiger charge is 2.32. The normalized spacial score (nSPS) is 14.0. The largest absolute Gasteiger partial charge is 0.457 e. The predicted molar refractivity (Wildman–Crippen MR) is 155 cm³/mol. The standard InChI is InChI=1S/C32H34F3N3O4/c1-21-15-22(2)29(30(39)36-13-14-41-4)16-25(21)20-37(3)17-23-18-38(19-23)31(40)24-5-9-27(10-6-24)42-28-11-7-26(8-12-28)32(33,34)35/h5-12,15-16,20,23H,1,13-14,17-19H2,2-4H3,(H,36,39)/b25-20-. The maximum atomic E-state index is 12.9. The summed E-state index contributed by atoms with van der Waals surface area (Å²) in [5.41, 5.74) is 1.20. The van der Waals surface area contributed by atoms with E-state index < -0.39 is 11.7 Å². The summed E-state index contributed by atoms with van der Waals surface area (Å²) >= 11 is 0. The Morgan fingerprint density at radius 3 is 2.29 bits per heavy atom. The van der Waals surface area contributed by atoms with Gasteiger partial charge in [-0.05, 0) is 77.5 Å². The molecule has 42 heavy (non-hydrogen) atoms. The molecule has 0 radical (unpaired) electrons. The van der Waals surface area contributed by atoms with Gasteiger partial charge in [-0.2, -0.15) is 13.2 Å². The van der Waals surface area contributed by atoms with Crippen molar-refractivity contribution in [1.29, 1.82) is 0 Å². The third-order valence-electron chi connectivity index (χ3n) is 6.99. The Balaban J connectivity index is 1.30. The Hall–Kier alpha value is -4.31. The molecule has 0 spiro atoms. The quantitative estimate of drug-likeness (QED) is 0.366. The summed E-state index contributed by atoms with van der Waals surface area (Å²) in [6.07, 6.45) is -2.44. The number of rotatable bonds is 10. The Labute approximate surface area is 242 Å². The van der Waals surface area contributed by atoms with E-state index in [2.05, 4.69) is 11.9 Å². The molecule has 1 N–H and O–H groups in total. The summed E-state index contributed by atoms with van der Waals surface area (Å²) in [6.45, 7) is 8.82. The lowest BCUT2D eigenvalue weighted by atomic mass is 9.98. The van der Waals surface area contributed by atoms with Crippen LogP contribution in [0, 0.1) is 12.8 Å². The zero-order valence-electron chi connectivity index (χ0n) is 23.8. The lowest BCUT2D eigenvalue weighted by Gasteiger charge is -2.41. The van der Waals surface area contributed by atoms with Crippen LogP contribution in [0.3, 0.4) is 0 Å². The van der Waals surface area contributed by atoms with E-state index >= 15 is 0 Å². The first-order chi connectivity index (χ1) is 19.9. The van der Waals surface area contributed by atoms with Gasteiger partial charge in [-0.1, -0.05) is 12.6 Å². The van der Waals surface area contributed by atoms with Gasteiger partial charge in [0.15, 0.2) is 0 Å². The van der Waals surface area contributed by atoms with Crippen molar-refractivity contribution in [1.82, 2.24) is 15.1 Å². The minimum atomic E-state index is -4.41. The number of alkyl halides is 3. The summed E-state index contributed by atoms with van der Waals surface area (Å²) in [7, 11) is 3.54. The number of halogens is 3. The molecule has 1 fully saturated rings. The van der Waals surface area contributed by atoms with Gasteiger partial charge in [0.1, 0.15) is 11.5 Å². The number of carbonyl (C=O) groups excluding carboxylic acids is 2. The van der Waals surface area contributed by atoms with Crippen molar-refractivity contribution < 1.29 is 32.2 Å². The van der Waals surface area contributed by atoms with Gasteiger partial charge >= 0.3 is 6.18 Å². The first kappa shape index (κ1) is 30.6. The van der Waals surface area contributed by atoms with Crippen molar-refractivity contribution in [3.8, 4) is 11.5 Å². The zero-order valence-corrected chi connectivity index (χ0v) is 23.8. The molecule has 2 amide bonds. The third-order valence-corrected chi connectivity index (χ3v) is 6.99. The van der Waals surface area contributed by atoms with Gasteiger partial charge in [0.25, 0.3) is 11.8 Å². The summed E-state index contributed by atoms with van der Waals surface area (Å²) in [4.78, 5) is 29.3. The fourth-order valence-electron chi connectivity index (χ4n) is 4.76. The SMILES string of the molecule is C=c1cc(C)c(C(=O)NCCOC)c/c1=C/N(C)CC1CN(C(=O)c2ccc(Oc3ccc(C(F)(F)F)cc3)cc2)C1. The molecule has 1 saturated heterocycles. The monoisotopic (exact) mass is 581 g/mol. The second kappa shape index (κ2) is 13.1. The average molecular weight is 582 g/mol. The summed E-state index contributed by atoms with van der Waals surface area (Å²) in [6, 6.07) is 14.7. The number of hydrogen-bond donors (Lipinski definition) is 1. The molecule has 0 aliphatic carbocycles. The summed E-state index contributed by atoms with van der Waals surface area (Å²) < 4.78 is 48.9. The van der Waals surface area contributed by atoms with Gasteiger partial charge in [-0.3, -0.25) is 9.59 Å². The van der Waals surface area contributed by atoms with Crippen LogP contribution >= 0.6 is 0 Å². The van der Waals surface area contributed by atoms with Crippen LogP contribution in [0.2, 0.25) is 0 Å². The molecule has 4 rings (SSSR count). The number of nitrogens with one attached hydrogen (secondary N) is 1. The molecule has 1 aliphatic heterocycles. The van der Waals surface area contributed by atoms with Crippen LogP contribution in [0.15, 0.2) is 60.7 Å². The Kier molecular flexibility index (Phi) is 9.57. The predicted octanol–water partition coefficient (Wildman–Crippen LogP) is 4.03. The van der Waals surface area contributed by atoms with Crippen LogP contribution in [-0.4, -0.2) is 68.6 Å². The van der Waals surface area contributed by atoms with E-state index in [1.165, 1.54) is 12.1 Å². The first-order valence-corrected chi connectivity index (χ1v) is 13.5. The highest BCUT2D eigenvalue weighted by Crippen LogP contribution is 2.31. The number of hydrogen-bond acceptors (Lipinski definition) is 5. The van der Waals surface area contributed by atoms with Gasteiger partial charge in [0.2, 0.25) is 0 Å². The number of amides is 2. The van der Waals surface area contributed by atoms with Crippen molar-refractivity contribution in [3.63, 3.8) is 0 Å². The lowest BCUT2D eigenvalue weighted by Crippen LogP contribution is -2.53. The second-order valence-electron chi connectivity index (χ2n) is 10.4. The van der Waals surface area contributed by atoms with E-state index in [4.69, 9.17) is 9.47 Å². The molecule has 0 bridgehead atoms. The van der Waals surface area contributed by atoms with Crippen LogP contribution in [0.4, 0.5) is 13.2 Å². The van der Waals surface area contributed by atoms with Crippen molar-refractivity contribution in [2.75, 3.05) is 46.9 Å². The van der Waals surface area contributed by atoms with Crippen molar-refractivity contribution in [2.24, 2.45) is 5.92 Å². The number of nitrogens with zero attached hydrogens (tertiary/aromatic N) is 2. The number of likely N-dealkylation sites (tertiary alicyclic amines) is 1. The van der Waals surface area contributed by atoms with Crippen molar-refractivity contribution in [2.45, 2.75) is 13.1 Å². The van der Waals surface area contributed by atoms with E-state index in [1.807, 2.05) is 37.2 Å². The molecule has 0 unspecified atom stereocenters. The Bertz CT molecular complexity index is 1520. The number of ether oxygens (including phenoxy) is 2. The van der Waals surface area contributed by atoms with E-state index in [9.17, 15) is 22.8 Å². The molecular weight excluding hydrogens is 547 g/mol. The maximum absolute atomic E-state index is 12.9. The van der Waals surface area contributed by atoms with Gasteiger partial charge in [0, 0.05) is 63.6 Å². The Morgan fingerprint density at radius 2 is 1.69 bits per heavy atom. The fourth-order valence-corrected chi connectivity index (χ4v) is 4.76. The van der Waals surface area contributed by atoms with Crippen LogP contribution in [0.5, 0.6) is 11.5 Å². The third kappa shape index (κ3) is 7.70. The van der Waals surface area contributed by atoms with Crippen LogP contribution in [-0.2, 0) is 10.9 Å². The molecule has 1 heterocycles. The molecule has 7 nitrogen and oxygen atoms in total. The fraction of sp³-hybridized carbons (Fsp3) is 0.312. The molecule has 0 saturated carbocycles. The number of aryl methyl sites for hydroxylation is 1. The number of carbonyl (C=O) groups is 2. The minimum absolute atomic E-state index is 0.0957. The Morgan fingerprint density at radius 1 is 1.07 bits per heavy atom. The van der Waals surface area contributed by atoms with E-state index in [0.717, 1.165) is 34.7 Å². The topological polar surface area (TPSA) is 71.1 Å².